The third-order valence-corrected chi connectivity index (χ3v) is 5.37. The first-order valence-corrected chi connectivity index (χ1v) is 8.49. The van der Waals surface area contributed by atoms with Crippen molar-refractivity contribution >= 4 is 22.4 Å². The first-order chi connectivity index (χ1) is 9.53. The SMILES string of the molecule is Cl.NCC(NS(=O)(=O)c1cccc(F)c1)C1CCCCC1. The second-order valence-corrected chi connectivity index (χ2v) is 7.03. The van der Waals surface area contributed by atoms with Crippen molar-refractivity contribution < 1.29 is 12.8 Å². The maximum Gasteiger partial charge on any atom is 0.240 e. The molecule has 0 heterocycles. The molecule has 3 N–H and O–H groups in total. The molecule has 0 aromatic heterocycles. The summed E-state index contributed by atoms with van der Waals surface area (Å²) in [4.78, 5) is -0.0493. The van der Waals surface area contributed by atoms with Crippen molar-refractivity contribution in [3.05, 3.63) is 30.1 Å². The number of nitrogens with one attached hydrogen (secondary N) is 1. The van der Waals surface area contributed by atoms with Crippen molar-refractivity contribution in [2.75, 3.05) is 6.54 Å². The first kappa shape index (κ1) is 18.4. The largest absolute Gasteiger partial charge is 0.329 e. The molecule has 7 heteroatoms. The van der Waals surface area contributed by atoms with Crippen LogP contribution in [0.3, 0.4) is 0 Å². The third kappa shape index (κ3) is 4.92. The Morgan fingerprint density at radius 3 is 2.52 bits per heavy atom. The maximum atomic E-state index is 13.2. The molecule has 21 heavy (non-hydrogen) atoms. The molecule has 0 amide bonds. The van der Waals surface area contributed by atoms with E-state index in [-0.39, 0.29) is 35.8 Å². The summed E-state index contributed by atoms with van der Waals surface area (Å²) >= 11 is 0. The molecule has 120 valence electrons. The van der Waals surface area contributed by atoms with Crippen molar-refractivity contribution in [2.45, 2.75) is 43.0 Å². The average molecular weight is 337 g/mol. The van der Waals surface area contributed by atoms with Crippen molar-refractivity contribution in [3.8, 4) is 0 Å². The topological polar surface area (TPSA) is 72.2 Å². The van der Waals surface area contributed by atoms with Crippen LogP contribution in [0, 0.1) is 11.7 Å². The molecule has 1 fully saturated rings. The number of sulfonamides is 1. The molecule has 1 unspecified atom stereocenters. The summed E-state index contributed by atoms with van der Waals surface area (Å²) < 4.78 is 40.3. The van der Waals surface area contributed by atoms with E-state index in [0.29, 0.717) is 0 Å². The predicted octanol–water partition coefficient (Wildman–Crippen LogP) is 2.43. The highest BCUT2D eigenvalue weighted by molar-refractivity contribution is 7.89. The van der Waals surface area contributed by atoms with Crippen LogP contribution in [-0.2, 0) is 10.0 Å². The molecule has 2 rings (SSSR count). The second-order valence-electron chi connectivity index (χ2n) is 5.32. The smallest absolute Gasteiger partial charge is 0.240 e. The van der Waals surface area contributed by atoms with Gasteiger partial charge in [-0.3, -0.25) is 0 Å². The fourth-order valence-corrected chi connectivity index (χ4v) is 4.12. The Morgan fingerprint density at radius 2 is 1.95 bits per heavy atom. The van der Waals surface area contributed by atoms with E-state index in [1.54, 1.807) is 0 Å². The summed E-state index contributed by atoms with van der Waals surface area (Å²) in [6, 6.07) is 4.75. The van der Waals surface area contributed by atoms with Crippen molar-refractivity contribution in [3.63, 3.8) is 0 Å². The van der Waals surface area contributed by atoms with Crippen LogP contribution in [0.2, 0.25) is 0 Å². The van der Waals surface area contributed by atoms with Crippen molar-refractivity contribution in [2.24, 2.45) is 11.7 Å². The molecule has 0 aliphatic heterocycles. The normalized spacial score (nSPS) is 18.0. The Kier molecular flexibility index (Phi) is 7.06. The molecule has 0 spiro atoms. The van der Waals surface area contributed by atoms with E-state index in [1.807, 2.05) is 0 Å². The van der Waals surface area contributed by atoms with Crippen LogP contribution in [0.25, 0.3) is 0 Å². The van der Waals surface area contributed by atoms with Gasteiger partial charge in [0.1, 0.15) is 5.82 Å². The van der Waals surface area contributed by atoms with Crippen LogP contribution in [0.4, 0.5) is 4.39 Å². The lowest BCUT2D eigenvalue weighted by Gasteiger charge is -2.29. The molecule has 1 aliphatic rings. The Balaban J connectivity index is 0.00000220. The quantitative estimate of drug-likeness (QED) is 0.867. The van der Waals surface area contributed by atoms with E-state index in [0.717, 1.165) is 31.7 Å². The van der Waals surface area contributed by atoms with Gasteiger partial charge in [-0.15, -0.1) is 12.4 Å². The molecule has 0 saturated heterocycles. The summed E-state index contributed by atoms with van der Waals surface area (Å²) in [6.07, 6.45) is 5.41. The number of halogens is 2. The summed E-state index contributed by atoms with van der Waals surface area (Å²) in [5.74, 6) is -0.285. The first-order valence-electron chi connectivity index (χ1n) is 7.01. The lowest BCUT2D eigenvalue weighted by molar-refractivity contribution is 0.294. The molecule has 4 nitrogen and oxygen atoms in total. The van der Waals surface area contributed by atoms with Gasteiger partial charge in [0.2, 0.25) is 10.0 Å². The zero-order valence-electron chi connectivity index (χ0n) is 11.8. The van der Waals surface area contributed by atoms with Gasteiger partial charge in [0.15, 0.2) is 0 Å². The highest BCUT2D eigenvalue weighted by atomic mass is 35.5. The molecule has 1 aromatic rings. The Bertz CT molecular complexity index is 548. The molecular weight excluding hydrogens is 315 g/mol. The Labute approximate surface area is 131 Å². The van der Waals surface area contributed by atoms with Crippen LogP contribution in [0.5, 0.6) is 0 Å². The van der Waals surface area contributed by atoms with Gasteiger partial charge in [-0.05, 0) is 37.0 Å². The lowest BCUT2D eigenvalue weighted by Crippen LogP contribution is -2.45. The van der Waals surface area contributed by atoms with Gasteiger partial charge >= 0.3 is 0 Å². The summed E-state index contributed by atoms with van der Waals surface area (Å²) in [6.45, 7) is 0.263. The number of rotatable bonds is 5. The van der Waals surface area contributed by atoms with Gasteiger partial charge in [-0.1, -0.05) is 25.3 Å². The summed E-state index contributed by atoms with van der Waals surface area (Å²) in [5, 5.41) is 0. The van der Waals surface area contributed by atoms with E-state index in [4.69, 9.17) is 5.73 Å². The Morgan fingerprint density at radius 1 is 1.29 bits per heavy atom. The van der Waals surface area contributed by atoms with E-state index >= 15 is 0 Å². The highest BCUT2D eigenvalue weighted by Gasteiger charge is 2.27. The average Bonchev–Trinajstić information content (AvgIpc) is 2.46. The number of hydrogen-bond donors (Lipinski definition) is 2. The van der Waals surface area contributed by atoms with E-state index in [9.17, 15) is 12.8 Å². The lowest BCUT2D eigenvalue weighted by atomic mass is 9.84. The van der Waals surface area contributed by atoms with Crippen molar-refractivity contribution in [1.82, 2.24) is 4.72 Å². The molecule has 1 saturated carbocycles. The van der Waals surface area contributed by atoms with E-state index < -0.39 is 15.8 Å². The third-order valence-electron chi connectivity index (χ3n) is 3.89. The van der Waals surface area contributed by atoms with Gasteiger partial charge in [0, 0.05) is 12.6 Å². The number of nitrogens with two attached hydrogens (primary N) is 1. The highest BCUT2D eigenvalue weighted by Crippen LogP contribution is 2.27. The molecule has 0 radical (unpaired) electrons. The molecule has 1 atom stereocenters. The predicted molar refractivity (Wildman–Crippen MR) is 83.4 cm³/mol. The van der Waals surface area contributed by atoms with Crippen LogP contribution < -0.4 is 10.5 Å². The van der Waals surface area contributed by atoms with Gasteiger partial charge in [0.25, 0.3) is 0 Å². The van der Waals surface area contributed by atoms with Crippen LogP contribution in [-0.4, -0.2) is 21.0 Å². The van der Waals surface area contributed by atoms with Crippen molar-refractivity contribution in [1.29, 1.82) is 0 Å². The molecule has 1 aliphatic carbocycles. The van der Waals surface area contributed by atoms with Gasteiger partial charge in [-0.2, -0.15) is 0 Å². The second kappa shape index (κ2) is 8.08. The van der Waals surface area contributed by atoms with Crippen LogP contribution in [0.15, 0.2) is 29.2 Å². The minimum absolute atomic E-state index is 0. The maximum absolute atomic E-state index is 13.2. The van der Waals surface area contributed by atoms with Gasteiger partial charge in [0.05, 0.1) is 4.90 Å². The summed E-state index contributed by atoms with van der Waals surface area (Å²) in [7, 11) is -3.71. The van der Waals surface area contributed by atoms with Crippen LogP contribution >= 0.6 is 12.4 Å². The molecule has 0 bridgehead atoms. The van der Waals surface area contributed by atoms with E-state index in [1.165, 1.54) is 24.6 Å². The fraction of sp³-hybridized carbons (Fsp3) is 0.571. The number of benzene rings is 1. The minimum Gasteiger partial charge on any atom is -0.329 e. The molecular formula is C14H22ClFN2O2S. The van der Waals surface area contributed by atoms with Gasteiger partial charge in [-0.25, -0.2) is 17.5 Å². The zero-order valence-corrected chi connectivity index (χ0v) is 13.4. The number of hydrogen-bond acceptors (Lipinski definition) is 3. The van der Waals surface area contributed by atoms with E-state index in [2.05, 4.69) is 4.72 Å². The fourth-order valence-electron chi connectivity index (χ4n) is 2.77. The molecule has 1 aromatic carbocycles. The van der Waals surface area contributed by atoms with Crippen LogP contribution in [0.1, 0.15) is 32.1 Å². The zero-order chi connectivity index (χ0) is 14.6. The van der Waals surface area contributed by atoms with Gasteiger partial charge < -0.3 is 5.73 Å². The minimum atomic E-state index is -3.71. The summed E-state index contributed by atoms with van der Waals surface area (Å²) in [5.41, 5.74) is 5.72. The standard InChI is InChI=1S/C14H21FN2O2S.ClH/c15-12-7-4-8-13(9-12)20(18,19)17-14(10-16)11-5-2-1-3-6-11;/h4,7-9,11,14,17H,1-3,5-6,10,16H2;1H. The monoisotopic (exact) mass is 336 g/mol. The Hall–Kier alpha value is -0.690.